The van der Waals surface area contributed by atoms with Gasteiger partial charge >= 0.3 is 0 Å². The Labute approximate surface area is 267 Å². The molecule has 2 aliphatic rings. The molecule has 1 aliphatic heterocycles. The Hall–Kier alpha value is -2.42. The fourth-order valence-corrected chi connectivity index (χ4v) is 6.21. The standard InChI is InChI=1S/C29H31Cl2IN2O8/c1-40-25-9-16(14-36)8-22(32)27(25)42-24-11-19(28(38)33-5-6-35)10-23(26(24)37)34(29(39)18-4-7-41-15-18)13-17-2-3-20(30)12-21(17)31/h2-3,8-9,11-12,14,18,23-24,26,35,37H,4-7,10,13,15H2,1H3,(H,33,38)/t18?,23-,24+,26+/m1/s1. The lowest BCUT2D eigenvalue weighted by Crippen LogP contribution is -2.56. The predicted octanol–water partition coefficient (Wildman–Crippen LogP) is 3.40. The summed E-state index contributed by atoms with van der Waals surface area (Å²) >= 11 is 14.6. The molecule has 13 heteroatoms. The number of aliphatic hydroxyl groups excluding tert-OH is 2. The van der Waals surface area contributed by atoms with Gasteiger partial charge in [-0.15, -0.1) is 0 Å². The molecule has 226 valence electrons. The van der Waals surface area contributed by atoms with Crippen LogP contribution in [0.2, 0.25) is 10.0 Å². The minimum Gasteiger partial charge on any atom is -0.493 e. The maximum atomic E-state index is 13.9. The molecule has 0 saturated carbocycles. The van der Waals surface area contributed by atoms with Crippen molar-refractivity contribution in [2.45, 2.75) is 37.6 Å². The molecule has 1 fully saturated rings. The average molecular weight is 733 g/mol. The fraction of sp³-hybridized carbons (Fsp3) is 0.414. The summed E-state index contributed by atoms with van der Waals surface area (Å²) in [5.41, 5.74) is 1.25. The number of rotatable bonds is 11. The third-order valence-corrected chi connectivity index (χ3v) is 8.56. The number of carbonyl (C=O) groups is 3. The van der Waals surface area contributed by atoms with Crippen molar-refractivity contribution in [1.29, 1.82) is 0 Å². The highest BCUT2D eigenvalue weighted by Crippen LogP contribution is 2.37. The minimum atomic E-state index is -1.28. The SMILES string of the molecule is COc1cc(C=O)cc(I)c1O[C@H]1C=C(C(=O)NCCO)C[C@@H](N(Cc2ccc(Cl)cc2Cl)C(=O)C2CCOC2)[C@@H]1O. The van der Waals surface area contributed by atoms with E-state index >= 15 is 0 Å². The topological polar surface area (TPSA) is 135 Å². The molecule has 0 bridgehead atoms. The van der Waals surface area contributed by atoms with Gasteiger partial charge in [-0.2, -0.15) is 0 Å². The highest BCUT2D eigenvalue weighted by Gasteiger charge is 2.43. The largest absolute Gasteiger partial charge is 0.493 e. The molecule has 1 unspecified atom stereocenters. The third-order valence-electron chi connectivity index (χ3n) is 7.17. The van der Waals surface area contributed by atoms with E-state index in [1.165, 1.54) is 24.2 Å². The molecule has 0 radical (unpaired) electrons. The quantitative estimate of drug-likeness (QED) is 0.237. The second-order valence-corrected chi connectivity index (χ2v) is 11.9. The Morgan fingerprint density at radius 2 is 2.05 bits per heavy atom. The van der Waals surface area contributed by atoms with Crippen molar-refractivity contribution in [1.82, 2.24) is 10.2 Å². The van der Waals surface area contributed by atoms with Crippen LogP contribution < -0.4 is 14.8 Å². The monoisotopic (exact) mass is 732 g/mol. The number of aliphatic hydroxyl groups is 2. The van der Waals surface area contributed by atoms with E-state index in [9.17, 15) is 24.6 Å². The summed E-state index contributed by atoms with van der Waals surface area (Å²) in [6.45, 7) is 0.487. The van der Waals surface area contributed by atoms with Gasteiger partial charge < -0.3 is 34.6 Å². The van der Waals surface area contributed by atoms with Crippen LogP contribution >= 0.6 is 45.8 Å². The summed E-state index contributed by atoms with van der Waals surface area (Å²) in [6.07, 6.45) is 0.364. The number of aldehydes is 1. The zero-order valence-electron chi connectivity index (χ0n) is 22.7. The molecule has 2 amide bonds. The maximum Gasteiger partial charge on any atom is 0.247 e. The number of halogens is 3. The molecule has 4 atom stereocenters. The molecule has 3 N–H and O–H groups in total. The van der Waals surface area contributed by atoms with Gasteiger partial charge in [0.1, 0.15) is 18.5 Å². The van der Waals surface area contributed by atoms with Crippen LogP contribution in [0.15, 0.2) is 42.0 Å². The second kappa shape index (κ2) is 14.8. The molecule has 0 aromatic heterocycles. The first-order valence-electron chi connectivity index (χ1n) is 13.3. The van der Waals surface area contributed by atoms with E-state index in [4.69, 9.17) is 37.4 Å². The van der Waals surface area contributed by atoms with E-state index in [0.29, 0.717) is 44.1 Å². The summed E-state index contributed by atoms with van der Waals surface area (Å²) in [4.78, 5) is 40.0. The Balaban J connectivity index is 1.75. The summed E-state index contributed by atoms with van der Waals surface area (Å²) in [6, 6.07) is 7.17. The summed E-state index contributed by atoms with van der Waals surface area (Å²) in [5.74, 6) is -0.615. The van der Waals surface area contributed by atoms with Crippen molar-refractivity contribution in [2.75, 3.05) is 33.5 Å². The van der Waals surface area contributed by atoms with E-state index in [2.05, 4.69) is 5.32 Å². The average Bonchev–Trinajstić information content (AvgIpc) is 3.52. The van der Waals surface area contributed by atoms with Gasteiger partial charge in [0.2, 0.25) is 11.8 Å². The number of hydrogen-bond acceptors (Lipinski definition) is 8. The Kier molecular flexibility index (Phi) is 11.5. The number of amides is 2. The first-order chi connectivity index (χ1) is 20.2. The molecule has 42 heavy (non-hydrogen) atoms. The van der Waals surface area contributed by atoms with Crippen LogP contribution in [0, 0.1) is 9.49 Å². The van der Waals surface area contributed by atoms with Gasteiger partial charge in [0.05, 0.1) is 35.9 Å². The number of nitrogens with one attached hydrogen (secondary N) is 1. The van der Waals surface area contributed by atoms with E-state index in [-0.39, 0.29) is 55.7 Å². The van der Waals surface area contributed by atoms with Crippen LogP contribution in [0.25, 0.3) is 0 Å². The molecular formula is C29H31Cl2IN2O8. The summed E-state index contributed by atoms with van der Waals surface area (Å²) in [7, 11) is 1.43. The van der Waals surface area contributed by atoms with Gasteiger partial charge in [0.15, 0.2) is 11.5 Å². The van der Waals surface area contributed by atoms with E-state index in [0.717, 1.165) is 0 Å². The molecule has 2 aromatic rings. The van der Waals surface area contributed by atoms with Crippen molar-refractivity contribution < 1.29 is 38.8 Å². The molecule has 2 aromatic carbocycles. The van der Waals surface area contributed by atoms with Crippen molar-refractivity contribution in [3.63, 3.8) is 0 Å². The second-order valence-electron chi connectivity index (χ2n) is 9.93. The molecule has 10 nitrogen and oxygen atoms in total. The van der Waals surface area contributed by atoms with E-state index in [1.54, 1.807) is 24.3 Å². The summed E-state index contributed by atoms with van der Waals surface area (Å²) < 4.78 is 17.7. The van der Waals surface area contributed by atoms with Crippen molar-refractivity contribution >= 4 is 63.9 Å². The maximum absolute atomic E-state index is 13.9. The number of methoxy groups -OCH3 is 1. The number of benzene rings is 2. The van der Waals surface area contributed by atoms with E-state index in [1.807, 2.05) is 22.6 Å². The lowest BCUT2D eigenvalue weighted by atomic mass is 9.87. The Morgan fingerprint density at radius 3 is 2.69 bits per heavy atom. The number of ether oxygens (including phenoxy) is 3. The molecule has 1 heterocycles. The highest BCUT2D eigenvalue weighted by molar-refractivity contribution is 14.1. The van der Waals surface area contributed by atoms with Crippen LogP contribution in [0.5, 0.6) is 11.5 Å². The molecular weight excluding hydrogens is 702 g/mol. The van der Waals surface area contributed by atoms with Crippen molar-refractivity contribution in [3.05, 3.63) is 66.7 Å². The first kappa shape index (κ1) is 32.5. The van der Waals surface area contributed by atoms with Gasteiger partial charge in [-0.05, 0) is 64.9 Å². The lowest BCUT2D eigenvalue weighted by molar-refractivity contribution is -0.143. The number of carbonyl (C=O) groups excluding carboxylic acids is 3. The minimum absolute atomic E-state index is 0.0150. The van der Waals surface area contributed by atoms with Crippen LogP contribution in [0.4, 0.5) is 0 Å². The lowest BCUT2D eigenvalue weighted by Gasteiger charge is -2.41. The van der Waals surface area contributed by atoms with Crippen LogP contribution in [-0.4, -0.2) is 84.9 Å². The fourth-order valence-electron chi connectivity index (χ4n) is 4.99. The third kappa shape index (κ3) is 7.56. The van der Waals surface area contributed by atoms with Crippen LogP contribution in [0.3, 0.4) is 0 Å². The van der Waals surface area contributed by atoms with Gasteiger partial charge in [0.25, 0.3) is 0 Å². The smallest absolute Gasteiger partial charge is 0.247 e. The van der Waals surface area contributed by atoms with Gasteiger partial charge in [-0.1, -0.05) is 29.3 Å². The van der Waals surface area contributed by atoms with E-state index < -0.39 is 30.1 Å². The van der Waals surface area contributed by atoms with Crippen LogP contribution in [0.1, 0.15) is 28.8 Å². The zero-order valence-corrected chi connectivity index (χ0v) is 26.4. The van der Waals surface area contributed by atoms with Crippen molar-refractivity contribution in [3.8, 4) is 11.5 Å². The van der Waals surface area contributed by atoms with Gasteiger partial charge in [-0.25, -0.2) is 0 Å². The Morgan fingerprint density at radius 1 is 1.26 bits per heavy atom. The highest BCUT2D eigenvalue weighted by atomic mass is 127. The van der Waals surface area contributed by atoms with Crippen molar-refractivity contribution in [2.24, 2.45) is 5.92 Å². The molecule has 4 rings (SSSR count). The predicted molar refractivity (Wildman–Crippen MR) is 164 cm³/mol. The van der Waals surface area contributed by atoms with Gasteiger partial charge in [0, 0.05) is 47.3 Å². The molecule has 0 spiro atoms. The molecule has 1 aliphatic carbocycles. The normalized spacial score (nSPS) is 21.8. The first-order valence-corrected chi connectivity index (χ1v) is 15.1. The number of nitrogens with zero attached hydrogens (tertiary/aromatic N) is 1. The van der Waals surface area contributed by atoms with Gasteiger partial charge in [-0.3, -0.25) is 14.4 Å². The zero-order chi connectivity index (χ0) is 30.4. The Bertz CT molecular complexity index is 1350. The summed E-state index contributed by atoms with van der Waals surface area (Å²) in [5, 5.41) is 24.4. The molecule has 1 saturated heterocycles. The number of hydrogen-bond donors (Lipinski definition) is 3. The van der Waals surface area contributed by atoms with Crippen LogP contribution in [-0.2, 0) is 20.9 Å².